The van der Waals surface area contributed by atoms with E-state index in [1.807, 2.05) is 18.2 Å². The molecular weight excluding hydrogens is 405 g/mol. The maximum Gasteiger partial charge on any atom is 0.239 e. The molecule has 1 atom stereocenters. The third-order valence-electron chi connectivity index (χ3n) is 3.20. The SMILES string of the molecule is O=C1NC(=S)SC1Cc1ccnc(SCc2ccc(Cl)c(Cl)c2)n1. The number of aromatic nitrogens is 2. The Kier molecular flexibility index (Phi) is 5.99. The molecule has 2 heterocycles. The lowest BCUT2D eigenvalue weighted by Crippen LogP contribution is -2.25. The molecule has 1 aromatic heterocycles. The van der Waals surface area contributed by atoms with Crippen molar-refractivity contribution < 1.29 is 4.79 Å². The van der Waals surface area contributed by atoms with E-state index >= 15 is 0 Å². The van der Waals surface area contributed by atoms with Crippen LogP contribution in [0.5, 0.6) is 0 Å². The third kappa shape index (κ3) is 4.61. The number of benzene rings is 1. The van der Waals surface area contributed by atoms with Crippen LogP contribution >= 0.6 is 58.9 Å². The summed E-state index contributed by atoms with van der Waals surface area (Å²) in [7, 11) is 0. The molecule has 1 amide bonds. The fraction of sp³-hybridized carbons (Fsp3) is 0.200. The topological polar surface area (TPSA) is 54.9 Å². The maximum atomic E-state index is 11.8. The molecule has 0 spiro atoms. The Bertz CT molecular complexity index is 803. The van der Waals surface area contributed by atoms with Gasteiger partial charge in [0, 0.05) is 24.1 Å². The predicted octanol–water partition coefficient (Wildman–Crippen LogP) is 4.13. The standard InChI is InChI=1S/C15H11Cl2N3OS3/c16-10-2-1-8(5-11(10)17)7-23-14-18-4-3-9(19-14)6-12-13(21)20-15(22)24-12/h1-5,12H,6-7H2,(H,20,21,22). The van der Waals surface area contributed by atoms with Gasteiger partial charge in [-0.3, -0.25) is 4.79 Å². The fourth-order valence-electron chi connectivity index (χ4n) is 2.05. The Morgan fingerprint density at radius 2 is 2.12 bits per heavy atom. The summed E-state index contributed by atoms with van der Waals surface area (Å²) in [6.45, 7) is 0. The fourth-order valence-corrected chi connectivity index (χ4v) is 4.45. The highest BCUT2D eigenvalue weighted by Gasteiger charge is 2.29. The predicted molar refractivity (Wildman–Crippen MR) is 104 cm³/mol. The van der Waals surface area contributed by atoms with Gasteiger partial charge in [0.25, 0.3) is 0 Å². The molecule has 1 saturated heterocycles. The summed E-state index contributed by atoms with van der Waals surface area (Å²) in [4.78, 5) is 20.5. The minimum Gasteiger partial charge on any atom is -0.311 e. The van der Waals surface area contributed by atoms with Crippen LogP contribution in [-0.4, -0.2) is 25.4 Å². The molecule has 0 bridgehead atoms. The minimum atomic E-state index is -0.222. The normalized spacial score (nSPS) is 17.2. The molecule has 124 valence electrons. The zero-order valence-corrected chi connectivity index (χ0v) is 16.1. The second-order valence-corrected chi connectivity index (χ2v) is 8.59. The van der Waals surface area contributed by atoms with E-state index in [9.17, 15) is 4.79 Å². The van der Waals surface area contributed by atoms with Gasteiger partial charge in [0.15, 0.2) is 5.16 Å². The van der Waals surface area contributed by atoms with Gasteiger partial charge in [0.1, 0.15) is 4.32 Å². The van der Waals surface area contributed by atoms with E-state index in [2.05, 4.69) is 15.3 Å². The van der Waals surface area contributed by atoms with Gasteiger partial charge < -0.3 is 5.32 Å². The summed E-state index contributed by atoms with van der Waals surface area (Å²) >= 11 is 19.8. The van der Waals surface area contributed by atoms with Gasteiger partial charge in [-0.15, -0.1) is 0 Å². The van der Waals surface area contributed by atoms with Crippen molar-refractivity contribution in [1.82, 2.24) is 15.3 Å². The molecule has 0 radical (unpaired) electrons. The van der Waals surface area contributed by atoms with Gasteiger partial charge in [-0.1, -0.05) is 65.0 Å². The molecule has 2 aromatic rings. The Morgan fingerprint density at radius 3 is 2.83 bits per heavy atom. The van der Waals surface area contributed by atoms with Crippen LogP contribution in [0, 0.1) is 0 Å². The van der Waals surface area contributed by atoms with E-state index in [4.69, 9.17) is 35.4 Å². The number of carbonyl (C=O) groups excluding carboxylic acids is 1. The van der Waals surface area contributed by atoms with Gasteiger partial charge in [-0.2, -0.15) is 0 Å². The van der Waals surface area contributed by atoms with Gasteiger partial charge >= 0.3 is 0 Å². The average Bonchev–Trinajstić information content (AvgIpc) is 2.86. The molecule has 1 aliphatic heterocycles. The van der Waals surface area contributed by atoms with Crippen molar-refractivity contribution >= 4 is 69.2 Å². The lowest BCUT2D eigenvalue weighted by Gasteiger charge is -2.07. The van der Waals surface area contributed by atoms with Crippen molar-refractivity contribution in [3.05, 3.63) is 51.8 Å². The van der Waals surface area contributed by atoms with Crippen molar-refractivity contribution in [2.24, 2.45) is 0 Å². The summed E-state index contributed by atoms with van der Waals surface area (Å²) < 4.78 is 0.522. The van der Waals surface area contributed by atoms with E-state index in [0.29, 0.717) is 31.7 Å². The molecule has 0 saturated carbocycles. The van der Waals surface area contributed by atoms with Crippen molar-refractivity contribution in [3.8, 4) is 0 Å². The molecule has 1 aliphatic rings. The second kappa shape index (κ2) is 8.01. The van der Waals surface area contributed by atoms with Gasteiger partial charge in [-0.05, 0) is 23.8 Å². The van der Waals surface area contributed by atoms with E-state index in [-0.39, 0.29) is 11.2 Å². The van der Waals surface area contributed by atoms with Crippen LogP contribution in [0.3, 0.4) is 0 Å². The minimum absolute atomic E-state index is 0.0615. The third-order valence-corrected chi connectivity index (χ3v) is 6.25. The number of hydrogen-bond acceptors (Lipinski definition) is 6. The van der Waals surface area contributed by atoms with Crippen molar-refractivity contribution in [3.63, 3.8) is 0 Å². The summed E-state index contributed by atoms with van der Waals surface area (Å²) in [6, 6.07) is 7.35. The lowest BCUT2D eigenvalue weighted by molar-refractivity contribution is -0.118. The first-order valence-electron chi connectivity index (χ1n) is 6.91. The van der Waals surface area contributed by atoms with E-state index in [1.54, 1.807) is 12.3 Å². The van der Waals surface area contributed by atoms with Crippen molar-refractivity contribution in [2.75, 3.05) is 0 Å². The number of thiocarbonyl (C=S) groups is 1. The number of nitrogens with one attached hydrogen (secondary N) is 1. The molecule has 4 nitrogen and oxygen atoms in total. The molecule has 9 heteroatoms. The highest BCUT2D eigenvalue weighted by atomic mass is 35.5. The van der Waals surface area contributed by atoms with Gasteiger partial charge in [-0.25, -0.2) is 9.97 Å². The highest BCUT2D eigenvalue weighted by Crippen LogP contribution is 2.27. The first-order chi connectivity index (χ1) is 11.5. The number of nitrogens with zero attached hydrogens (tertiary/aromatic N) is 2. The first kappa shape index (κ1) is 17.9. The van der Waals surface area contributed by atoms with Crippen LogP contribution in [0.25, 0.3) is 0 Å². The highest BCUT2D eigenvalue weighted by molar-refractivity contribution is 8.24. The quantitative estimate of drug-likeness (QED) is 0.449. The smallest absolute Gasteiger partial charge is 0.239 e. The van der Waals surface area contributed by atoms with Crippen LogP contribution in [0.2, 0.25) is 10.0 Å². The lowest BCUT2D eigenvalue weighted by atomic mass is 10.2. The molecule has 1 N–H and O–H groups in total. The van der Waals surface area contributed by atoms with Crippen molar-refractivity contribution in [2.45, 2.75) is 22.6 Å². The summed E-state index contributed by atoms with van der Waals surface area (Å²) in [5, 5.41) is 4.14. The van der Waals surface area contributed by atoms with Crippen LogP contribution in [0.4, 0.5) is 0 Å². The van der Waals surface area contributed by atoms with E-state index < -0.39 is 0 Å². The first-order valence-corrected chi connectivity index (χ1v) is 9.94. The van der Waals surface area contributed by atoms with E-state index in [1.165, 1.54) is 23.5 Å². The zero-order valence-electron chi connectivity index (χ0n) is 12.2. The largest absolute Gasteiger partial charge is 0.311 e. The monoisotopic (exact) mass is 415 g/mol. The summed E-state index contributed by atoms with van der Waals surface area (Å²) in [5.74, 6) is 0.622. The molecular formula is C15H11Cl2N3OS3. The van der Waals surface area contributed by atoms with Crippen LogP contribution in [-0.2, 0) is 17.0 Å². The van der Waals surface area contributed by atoms with Crippen LogP contribution in [0.15, 0.2) is 35.6 Å². The Labute approximate surface area is 163 Å². The Morgan fingerprint density at radius 1 is 1.29 bits per heavy atom. The van der Waals surface area contributed by atoms with E-state index in [0.717, 1.165) is 11.3 Å². The van der Waals surface area contributed by atoms with Crippen LogP contribution in [0.1, 0.15) is 11.3 Å². The molecule has 3 rings (SSSR count). The number of rotatable bonds is 5. The Balaban J connectivity index is 1.63. The summed E-state index contributed by atoms with van der Waals surface area (Å²) in [5.41, 5.74) is 1.86. The molecule has 1 fully saturated rings. The number of thioether (sulfide) groups is 2. The zero-order chi connectivity index (χ0) is 17.1. The number of carbonyl (C=O) groups is 1. The number of hydrogen-bond donors (Lipinski definition) is 1. The van der Waals surface area contributed by atoms with Gasteiger partial charge in [0.05, 0.1) is 15.3 Å². The molecule has 1 aromatic carbocycles. The van der Waals surface area contributed by atoms with Crippen molar-refractivity contribution in [1.29, 1.82) is 0 Å². The number of amides is 1. The molecule has 1 unspecified atom stereocenters. The van der Waals surface area contributed by atoms with Crippen LogP contribution < -0.4 is 5.32 Å². The maximum absolute atomic E-state index is 11.8. The van der Waals surface area contributed by atoms with Gasteiger partial charge in [0.2, 0.25) is 5.91 Å². The average molecular weight is 416 g/mol. The number of halogens is 2. The summed E-state index contributed by atoms with van der Waals surface area (Å²) in [6.07, 6.45) is 2.23. The Hall–Kier alpha value is -0.860. The second-order valence-electron chi connectivity index (χ2n) is 4.96. The molecule has 0 aliphatic carbocycles. The molecule has 24 heavy (non-hydrogen) atoms.